The van der Waals surface area contributed by atoms with Gasteiger partial charge in [0, 0.05) is 38.3 Å². The molecule has 2 rings (SSSR count). The molecule has 1 aliphatic carbocycles. The molecule has 6 nitrogen and oxygen atoms in total. The largest absolute Gasteiger partial charge is 0.444 e. The van der Waals surface area contributed by atoms with Gasteiger partial charge in [-0.15, -0.1) is 0 Å². The molecule has 2 aliphatic rings. The van der Waals surface area contributed by atoms with Crippen LogP contribution >= 0.6 is 0 Å². The molecule has 1 N–H and O–H groups in total. The Labute approximate surface area is 177 Å². The van der Waals surface area contributed by atoms with Crippen LogP contribution < -0.4 is 5.32 Å². The number of hydrogen-bond acceptors (Lipinski definition) is 4. The minimum absolute atomic E-state index is 0.0937. The van der Waals surface area contributed by atoms with Crippen LogP contribution in [0, 0.1) is 16.7 Å². The highest BCUT2D eigenvalue weighted by atomic mass is 16.6. The summed E-state index contributed by atoms with van der Waals surface area (Å²) in [4.78, 5) is 27.4. The maximum absolute atomic E-state index is 13.1. The molecule has 2 amide bonds. The minimum atomic E-state index is -0.522. The van der Waals surface area contributed by atoms with Gasteiger partial charge >= 0.3 is 6.09 Å². The van der Waals surface area contributed by atoms with Crippen molar-refractivity contribution >= 4 is 12.0 Å². The van der Waals surface area contributed by atoms with Crippen molar-refractivity contribution in [3.05, 3.63) is 0 Å². The molecule has 0 spiro atoms. The SMILES string of the molecule is CCOCCC1(CNC(=O)C(C)(C)C2CCCN(C(=O)OC(C)(C)C)C2)CCC1. The van der Waals surface area contributed by atoms with E-state index in [1.165, 1.54) is 6.42 Å². The highest BCUT2D eigenvalue weighted by Crippen LogP contribution is 2.44. The summed E-state index contributed by atoms with van der Waals surface area (Å²) >= 11 is 0. The number of nitrogens with zero attached hydrogens (tertiary/aromatic N) is 1. The maximum Gasteiger partial charge on any atom is 0.410 e. The predicted octanol–water partition coefficient (Wildman–Crippen LogP) is 4.37. The van der Waals surface area contributed by atoms with Gasteiger partial charge in [-0.3, -0.25) is 4.79 Å². The van der Waals surface area contributed by atoms with Gasteiger partial charge < -0.3 is 19.7 Å². The maximum atomic E-state index is 13.1. The van der Waals surface area contributed by atoms with Gasteiger partial charge in [0.2, 0.25) is 5.91 Å². The van der Waals surface area contributed by atoms with E-state index in [4.69, 9.17) is 9.47 Å². The van der Waals surface area contributed by atoms with Gasteiger partial charge in [-0.1, -0.05) is 20.3 Å². The van der Waals surface area contributed by atoms with Crippen LogP contribution in [0.25, 0.3) is 0 Å². The van der Waals surface area contributed by atoms with E-state index < -0.39 is 11.0 Å². The van der Waals surface area contributed by atoms with Gasteiger partial charge in [-0.05, 0) is 71.1 Å². The monoisotopic (exact) mass is 410 g/mol. The fraction of sp³-hybridized carbons (Fsp3) is 0.913. The van der Waals surface area contributed by atoms with E-state index in [1.807, 2.05) is 41.5 Å². The molecule has 1 saturated carbocycles. The van der Waals surface area contributed by atoms with Crippen LogP contribution in [0.3, 0.4) is 0 Å². The van der Waals surface area contributed by atoms with Crippen molar-refractivity contribution in [3.8, 4) is 0 Å². The van der Waals surface area contributed by atoms with Crippen molar-refractivity contribution in [3.63, 3.8) is 0 Å². The lowest BCUT2D eigenvalue weighted by atomic mass is 9.66. The fourth-order valence-corrected chi connectivity index (χ4v) is 4.36. The molecule has 29 heavy (non-hydrogen) atoms. The summed E-state index contributed by atoms with van der Waals surface area (Å²) in [5.74, 6) is 0.223. The lowest BCUT2D eigenvalue weighted by Gasteiger charge is -2.44. The first-order valence-corrected chi connectivity index (χ1v) is 11.3. The Bertz CT molecular complexity index is 564. The Balaban J connectivity index is 1.91. The number of nitrogens with one attached hydrogen (secondary N) is 1. The van der Waals surface area contributed by atoms with Crippen LogP contribution in [0.1, 0.15) is 80.1 Å². The molecule has 1 atom stereocenters. The van der Waals surface area contributed by atoms with Crippen LogP contribution in [0.2, 0.25) is 0 Å². The number of amides is 2. The minimum Gasteiger partial charge on any atom is -0.444 e. The van der Waals surface area contributed by atoms with Gasteiger partial charge in [-0.2, -0.15) is 0 Å². The zero-order valence-corrected chi connectivity index (χ0v) is 19.4. The molecule has 0 aromatic heterocycles. The first-order chi connectivity index (χ1) is 13.5. The number of hydrogen-bond donors (Lipinski definition) is 1. The Hall–Kier alpha value is -1.30. The zero-order chi connectivity index (χ0) is 21.7. The molecule has 6 heteroatoms. The van der Waals surface area contributed by atoms with Gasteiger partial charge in [-0.25, -0.2) is 4.79 Å². The lowest BCUT2D eigenvalue weighted by molar-refractivity contribution is -0.134. The second kappa shape index (κ2) is 9.67. The summed E-state index contributed by atoms with van der Waals surface area (Å²) in [7, 11) is 0. The zero-order valence-electron chi connectivity index (χ0n) is 19.4. The number of carbonyl (C=O) groups excluding carboxylic acids is 2. The predicted molar refractivity (Wildman–Crippen MR) is 115 cm³/mol. The highest BCUT2D eigenvalue weighted by Gasteiger charge is 2.42. The average molecular weight is 411 g/mol. The lowest BCUT2D eigenvalue weighted by Crippen LogP contribution is -2.52. The van der Waals surface area contributed by atoms with Gasteiger partial charge in [0.15, 0.2) is 0 Å². The quantitative estimate of drug-likeness (QED) is 0.603. The summed E-state index contributed by atoms with van der Waals surface area (Å²) in [6.07, 6.45) is 6.15. The molecule has 1 aliphatic heterocycles. The summed E-state index contributed by atoms with van der Waals surface area (Å²) in [6, 6.07) is 0. The Morgan fingerprint density at radius 2 is 1.83 bits per heavy atom. The second-order valence-corrected chi connectivity index (χ2v) is 10.5. The first kappa shape index (κ1) is 24.0. The second-order valence-electron chi connectivity index (χ2n) is 10.5. The van der Waals surface area contributed by atoms with Crippen LogP contribution in [0.5, 0.6) is 0 Å². The third-order valence-corrected chi connectivity index (χ3v) is 6.70. The van der Waals surface area contributed by atoms with Crippen molar-refractivity contribution in [2.24, 2.45) is 16.7 Å². The molecule has 2 fully saturated rings. The normalized spacial score (nSPS) is 22.0. The molecule has 1 saturated heterocycles. The highest BCUT2D eigenvalue weighted by molar-refractivity contribution is 5.82. The summed E-state index contributed by atoms with van der Waals surface area (Å²) in [5, 5.41) is 3.24. The number of likely N-dealkylation sites (tertiary alicyclic amines) is 1. The Kier molecular flexibility index (Phi) is 8.00. The molecule has 1 unspecified atom stereocenters. The Morgan fingerprint density at radius 1 is 1.14 bits per heavy atom. The third-order valence-electron chi connectivity index (χ3n) is 6.70. The van der Waals surface area contributed by atoms with Gasteiger partial charge in [0.05, 0.1) is 0 Å². The van der Waals surface area contributed by atoms with E-state index in [0.717, 1.165) is 51.9 Å². The van der Waals surface area contributed by atoms with Crippen molar-refractivity contribution < 1.29 is 19.1 Å². The van der Waals surface area contributed by atoms with Gasteiger partial charge in [0.1, 0.15) is 5.60 Å². The molecule has 1 heterocycles. The van der Waals surface area contributed by atoms with E-state index in [-0.39, 0.29) is 23.3 Å². The van der Waals surface area contributed by atoms with Crippen LogP contribution in [0.15, 0.2) is 0 Å². The van der Waals surface area contributed by atoms with Crippen molar-refractivity contribution in [1.29, 1.82) is 0 Å². The van der Waals surface area contributed by atoms with E-state index in [2.05, 4.69) is 5.32 Å². The van der Waals surface area contributed by atoms with Crippen LogP contribution in [-0.4, -0.2) is 55.3 Å². The Morgan fingerprint density at radius 3 is 2.38 bits per heavy atom. The van der Waals surface area contributed by atoms with E-state index in [9.17, 15) is 9.59 Å². The standard InChI is InChI=1S/C23H42N2O4/c1-7-28-15-13-23(11-9-12-23)17-24-19(26)22(5,6)18-10-8-14-25(16-18)20(27)29-21(2,3)4/h18H,7-17H2,1-6H3,(H,24,26). The summed E-state index contributed by atoms with van der Waals surface area (Å²) in [5.41, 5.74) is -0.822. The number of carbonyl (C=O) groups is 2. The molecule has 0 aromatic carbocycles. The van der Waals surface area contributed by atoms with E-state index in [0.29, 0.717) is 13.1 Å². The molecule has 0 aromatic rings. The summed E-state index contributed by atoms with van der Waals surface area (Å²) in [6.45, 7) is 15.2. The number of ether oxygens (including phenoxy) is 2. The first-order valence-electron chi connectivity index (χ1n) is 11.3. The average Bonchev–Trinajstić information content (AvgIpc) is 2.61. The molecule has 0 bridgehead atoms. The van der Waals surface area contributed by atoms with Crippen molar-refractivity contribution in [2.75, 3.05) is 32.8 Å². The van der Waals surface area contributed by atoms with Crippen molar-refractivity contribution in [2.45, 2.75) is 85.7 Å². The smallest absolute Gasteiger partial charge is 0.410 e. The van der Waals surface area contributed by atoms with Gasteiger partial charge in [0.25, 0.3) is 0 Å². The van der Waals surface area contributed by atoms with E-state index >= 15 is 0 Å². The van der Waals surface area contributed by atoms with Crippen LogP contribution in [-0.2, 0) is 14.3 Å². The molecule has 0 radical (unpaired) electrons. The van der Waals surface area contributed by atoms with E-state index in [1.54, 1.807) is 4.90 Å². The fourth-order valence-electron chi connectivity index (χ4n) is 4.36. The number of rotatable bonds is 8. The van der Waals surface area contributed by atoms with Crippen molar-refractivity contribution in [1.82, 2.24) is 10.2 Å². The van der Waals surface area contributed by atoms with Crippen LogP contribution in [0.4, 0.5) is 4.79 Å². The number of piperidine rings is 1. The molecular formula is C23H42N2O4. The third kappa shape index (κ3) is 6.59. The molecular weight excluding hydrogens is 368 g/mol. The molecule has 168 valence electrons. The topological polar surface area (TPSA) is 67.9 Å². The summed E-state index contributed by atoms with van der Waals surface area (Å²) < 4.78 is 11.1.